The Balaban J connectivity index is 2.37. The van der Waals surface area contributed by atoms with Gasteiger partial charge in [0.1, 0.15) is 6.04 Å². The summed E-state index contributed by atoms with van der Waals surface area (Å²) in [6, 6.07) is 6.83. The summed E-state index contributed by atoms with van der Waals surface area (Å²) in [5.41, 5.74) is 0.679. The van der Waals surface area contributed by atoms with Crippen molar-refractivity contribution in [2.75, 3.05) is 0 Å². The van der Waals surface area contributed by atoms with Gasteiger partial charge in [-0.05, 0) is 30.2 Å². The number of benzene rings is 1. The van der Waals surface area contributed by atoms with Gasteiger partial charge in [-0.3, -0.25) is 9.78 Å². The maximum Gasteiger partial charge on any atom is 0.322 e. The normalized spacial score (nSPS) is 14.6. The number of aromatic nitrogens is 1. The first-order chi connectivity index (χ1) is 10.3. The van der Waals surface area contributed by atoms with Crippen LogP contribution in [0.15, 0.2) is 41.4 Å². The van der Waals surface area contributed by atoms with E-state index < -0.39 is 22.0 Å². The molecule has 1 heterocycles. The van der Waals surface area contributed by atoms with Crippen molar-refractivity contribution >= 4 is 26.9 Å². The Bertz CT molecular complexity index is 789. The zero-order chi connectivity index (χ0) is 16.3. The molecule has 2 aromatic rings. The highest BCUT2D eigenvalue weighted by Crippen LogP contribution is 2.19. The van der Waals surface area contributed by atoms with Gasteiger partial charge >= 0.3 is 5.97 Å². The Morgan fingerprint density at radius 1 is 1.36 bits per heavy atom. The van der Waals surface area contributed by atoms with E-state index in [1.807, 2.05) is 6.92 Å². The molecule has 0 aliphatic carbocycles. The van der Waals surface area contributed by atoms with E-state index in [0.717, 1.165) is 0 Å². The Labute approximate surface area is 129 Å². The van der Waals surface area contributed by atoms with Crippen LogP contribution < -0.4 is 4.72 Å². The topological polar surface area (TPSA) is 96.4 Å². The van der Waals surface area contributed by atoms with E-state index in [2.05, 4.69) is 9.71 Å². The monoisotopic (exact) mass is 322 g/mol. The maximum absolute atomic E-state index is 12.4. The van der Waals surface area contributed by atoms with Crippen LogP contribution in [0.4, 0.5) is 0 Å². The molecule has 2 N–H and O–H groups in total. The number of nitrogens with zero attached hydrogens (tertiary/aromatic N) is 1. The molecule has 0 radical (unpaired) electrons. The molecule has 1 aromatic heterocycles. The molecule has 1 aromatic carbocycles. The Morgan fingerprint density at radius 2 is 2.09 bits per heavy atom. The predicted octanol–water partition coefficient (Wildman–Crippen LogP) is 2.01. The molecule has 0 saturated carbocycles. The van der Waals surface area contributed by atoms with Crippen LogP contribution in [0.2, 0.25) is 0 Å². The molecular weight excluding hydrogens is 304 g/mol. The number of hydrogen-bond donors (Lipinski definition) is 2. The van der Waals surface area contributed by atoms with Gasteiger partial charge in [-0.1, -0.05) is 26.3 Å². The predicted molar refractivity (Wildman–Crippen MR) is 82.9 cm³/mol. The highest BCUT2D eigenvalue weighted by atomic mass is 32.2. The second-order valence-corrected chi connectivity index (χ2v) is 6.89. The molecule has 0 aliphatic rings. The first kappa shape index (κ1) is 16.4. The SMILES string of the molecule is CC[C@H](C)[C@H](NS(=O)(=O)c1ccc2ncccc2c1)C(=O)O. The molecule has 0 bridgehead atoms. The van der Waals surface area contributed by atoms with Crippen molar-refractivity contribution < 1.29 is 18.3 Å². The third kappa shape index (κ3) is 3.42. The second-order valence-electron chi connectivity index (χ2n) is 5.18. The minimum absolute atomic E-state index is 0.0301. The number of rotatable bonds is 6. The first-order valence-electron chi connectivity index (χ1n) is 6.95. The minimum Gasteiger partial charge on any atom is -0.480 e. The summed E-state index contributed by atoms with van der Waals surface area (Å²) < 4.78 is 27.1. The van der Waals surface area contributed by atoms with Gasteiger partial charge in [-0.15, -0.1) is 0 Å². The van der Waals surface area contributed by atoms with E-state index in [9.17, 15) is 18.3 Å². The van der Waals surface area contributed by atoms with Crippen LogP contribution in [-0.4, -0.2) is 30.5 Å². The lowest BCUT2D eigenvalue weighted by Gasteiger charge is -2.20. The van der Waals surface area contributed by atoms with Gasteiger partial charge in [-0.2, -0.15) is 4.72 Å². The van der Waals surface area contributed by atoms with E-state index in [1.165, 1.54) is 12.1 Å². The summed E-state index contributed by atoms with van der Waals surface area (Å²) in [5, 5.41) is 9.90. The highest BCUT2D eigenvalue weighted by molar-refractivity contribution is 7.89. The van der Waals surface area contributed by atoms with Crippen LogP contribution in [0.5, 0.6) is 0 Å². The third-order valence-corrected chi connectivity index (χ3v) is 5.08. The van der Waals surface area contributed by atoms with E-state index in [1.54, 1.807) is 31.3 Å². The summed E-state index contributed by atoms with van der Waals surface area (Å²) in [5.74, 6) is -1.49. The number of nitrogens with one attached hydrogen (secondary N) is 1. The molecule has 0 saturated heterocycles. The van der Waals surface area contributed by atoms with Gasteiger partial charge in [0, 0.05) is 11.6 Å². The van der Waals surface area contributed by atoms with Crippen molar-refractivity contribution in [3.63, 3.8) is 0 Å². The van der Waals surface area contributed by atoms with Crippen molar-refractivity contribution in [1.82, 2.24) is 9.71 Å². The first-order valence-corrected chi connectivity index (χ1v) is 8.43. The number of carboxylic acid groups (broad SMARTS) is 1. The van der Waals surface area contributed by atoms with E-state index in [4.69, 9.17) is 0 Å². The van der Waals surface area contributed by atoms with Crippen LogP contribution >= 0.6 is 0 Å². The Hall–Kier alpha value is -1.99. The van der Waals surface area contributed by atoms with E-state index in [-0.39, 0.29) is 10.8 Å². The third-order valence-electron chi connectivity index (χ3n) is 3.65. The molecular formula is C15H18N2O4S. The zero-order valence-corrected chi connectivity index (χ0v) is 13.2. The van der Waals surface area contributed by atoms with Crippen molar-refractivity contribution in [3.05, 3.63) is 36.5 Å². The molecule has 2 rings (SSSR count). The smallest absolute Gasteiger partial charge is 0.322 e. The molecule has 7 heteroatoms. The van der Waals surface area contributed by atoms with Crippen molar-refractivity contribution in [3.8, 4) is 0 Å². The largest absolute Gasteiger partial charge is 0.480 e. The van der Waals surface area contributed by atoms with Gasteiger partial charge < -0.3 is 5.11 Å². The molecule has 6 nitrogen and oxygen atoms in total. The minimum atomic E-state index is -3.91. The lowest BCUT2D eigenvalue weighted by molar-refractivity contribution is -0.140. The molecule has 0 unspecified atom stereocenters. The molecule has 0 fully saturated rings. The van der Waals surface area contributed by atoms with Crippen LogP contribution in [0.1, 0.15) is 20.3 Å². The average Bonchev–Trinajstić information content (AvgIpc) is 2.51. The zero-order valence-electron chi connectivity index (χ0n) is 12.4. The van der Waals surface area contributed by atoms with Crippen LogP contribution in [0.25, 0.3) is 10.9 Å². The summed E-state index contributed by atoms with van der Waals surface area (Å²) >= 11 is 0. The Kier molecular flexibility index (Phi) is 4.77. The Morgan fingerprint density at radius 3 is 2.73 bits per heavy atom. The fourth-order valence-corrected chi connectivity index (χ4v) is 3.43. The van der Waals surface area contributed by atoms with Gasteiger partial charge in [0.25, 0.3) is 0 Å². The summed E-state index contributed by atoms with van der Waals surface area (Å²) in [6.45, 7) is 3.52. The number of pyridine rings is 1. The lowest BCUT2D eigenvalue weighted by atomic mass is 10.0. The standard InChI is InChI=1S/C15H18N2O4S/c1-3-10(2)14(15(18)19)17-22(20,21)12-6-7-13-11(9-12)5-4-8-16-13/h4-10,14,17H,3H2,1-2H3,(H,18,19)/t10-,14-/m0/s1. The van der Waals surface area contributed by atoms with Gasteiger partial charge in [0.15, 0.2) is 0 Å². The number of carbonyl (C=O) groups is 1. The van der Waals surface area contributed by atoms with Crippen LogP contribution in [0, 0.1) is 5.92 Å². The number of hydrogen-bond acceptors (Lipinski definition) is 4. The lowest BCUT2D eigenvalue weighted by Crippen LogP contribution is -2.44. The fourth-order valence-electron chi connectivity index (χ4n) is 2.10. The quantitative estimate of drug-likeness (QED) is 0.848. The number of carboxylic acids is 1. The van der Waals surface area contributed by atoms with Crippen molar-refractivity contribution in [2.24, 2.45) is 5.92 Å². The second kappa shape index (κ2) is 6.41. The number of fused-ring (bicyclic) bond motifs is 1. The highest BCUT2D eigenvalue weighted by Gasteiger charge is 2.29. The maximum atomic E-state index is 12.4. The van der Waals surface area contributed by atoms with Crippen LogP contribution in [0.3, 0.4) is 0 Å². The summed E-state index contributed by atoms with van der Waals surface area (Å²) in [4.78, 5) is 15.4. The molecule has 0 spiro atoms. The molecule has 118 valence electrons. The fraction of sp³-hybridized carbons (Fsp3) is 0.333. The average molecular weight is 322 g/mol. The van der Waals surface area contributed by atoms with Gasteiger partial charge in [0.2, 0.25) is 10.0 Å². The van der Waals surface area contributed by atoms with E-state index >= 15 is 0 Å². The molecule has 2 atom stereocenters. The van der Waals surface area contributed by atoms with Crippen molar-refractivity contribution in [2.45, 2.75) is 31.2 Å². The number of aliphatic carboxylic acids is 1. The molecule has 0 amide bonds. The summed E-state index contributed by atoms with van der Waals surface area (Å²) in [6.07, 6.45) is 2.18. The molecule has 22 heavy (non-hydrogen) atoms. The number of sulfonamides is 1. The van der Waals surface area contributed by atoms with Gasteiger partial charge in [-0.25, -0.2) is 8.42 Å². The molecule has 0 aliphatic heterocycles. The van der Waals surface area contributed by atoms with E-state index in [0.29, 0.717) is 17.3 Å². The van der Waals surface area contributed by atoms with Crippen LogP contribution in [-0.2, 0) is 14.8 Å². The van der Waals surface area contributed by atoms with Gasteiger partial charge in [0.05, 0.1) is 10.4 Å². The van der Waals surface area contributed by atoms with Crippen molar-refractivity contribution in [1.29, 1.82) is 0 Å². The summed E-state index contributed by atoms with van der Waals surface area (Å²) in [7, 11) is -3.91.